The van der Waals surface area contributed by atoms with Crippen LogP contribution in [-0.2, 0) is 0 Å². The molecular formula is C22H42. The highest BCUT2D eigenvalue weighted by Crippen LogP contribution is 2.44. The first-order valence-corrected chi connectivity index (χ1v) is 8.10. The summed E-state index contributed by atoms with van der Waals surface area (Å²) in [5.41, 5.74) is 3.28. The average Bonchev–Trinajstić information content (AvgIpc) is 3.03. The van der Waals surface area contributed by atoms with E-state index in [0.717, 1.165) is 40.9 Å². The molecule has 3 atom stereocenters. The number of hydrogen-bond acceptors (Lipinski definition) is 0. The molecule has 3 unspecified atom stereocenters. The molecule has 2 bridgehead atoms. The smallest absolute Gasteiger partial charge is 0.00760 e. The zero-order chi connectivity index (χ0) is 15.7. The van der Waals surface area contributed by atoms with Crippen LogP contribution in [-0.4, -0.2) is 0 Å². The van der Waals surface area contributed by atoms with E-state index in [1.165, 1.54) is 19.3 Å². The largest absolute Gasteiger partial charge is 0.0998 e. The fourth-order valence-corrected chi connectivity index (χ4v) is 2.88. The Balaban J connectivity index is -0.000000273. The number of hydrogen-bond donors (Lipinski definition) is 0. The van der Waals surface area contributed by atoms with Gasteiger partial charge in [0.25, 0.3) is 0 Å². The average molecular weight is 307 g/mol. The highest BCUT2D eigenvalue weighted by atomic mass is 14.4. The maximum atomic E-state index is 3.83. The van der Waals surface area contributed by atoms with E-state index in [1.807, 2.05) is 27.7 Å². The Morgan fingerprint density at radius 3 is 1.73 bits per heavy atom. The van der Waals surface area contributed by atoms with Gasteiger partial charge in [0.2, 0.25) is 0 Å². The normalized spacial score (nSPS) is 22.9. The lowest BCUT2D eigenvalue weighted by Gasteiger charge is -2.14. The fraction of sp³-hybridized carbons (Fsp3) is 0.636. The van der Waals surface area contributed by atoms with E-state index in [0.29, 0.717) is 0 Å². The molecule has 0 spiro atoms. The van der Waals surface area contributed by atoms with Crippen molar-refractivity contribution in [2.45, 2.75) is 75.2 Å². The van der Waals surface area contributed by atoms with Crippen LogP contribution in [0.1, 0.15) is 75.2 Å². The lowest BCUT2D eigenvalue weighted by atomic mass is 9.91. The lowest BCUT2D eigenvalue weighted by molar-refractivity contribution is 0.434. The Kier molecular flexibility index (Phi) is 16.0. The number of allylic oxidation sites excluding steroid dienone is 5. The molecule has 2 aliphatic carbocycles. The van der Waals surface area contributed by atoms with Gasteiger partial charge in [-0.2, -0.15) is 0 Å². The van der Waals surface area contributed by atoms with Crippen molar-refractivity contribution in [2.24, 2.45) is 17.8 Å². The Morgan fingerprint density at radius 2 is 1.55 bits per heavy atom. The highest BCUT2D eigenvalue weighted by molar-refractivity contribution is 5.26. The zero-order valence-corrected chi connectivity index (χ0v) is 14.3. The van der Waals surface area contributed by atoms with Gasteiger partial charge in [-0.05, 0) is 56.4 Å². The van der Waals surface area contributed by atoms with E-state index in [2.05, 4.69) is 38.8 Å². The van der Waals surface area contributed by atoms with Crippen molar-refractivity contribution < 1.29 is 0 Å². The van der Waals surface area contributed by atoms with Gasteiger partial charge in [0, 0.05) is 0 Å². The number of fused-ring (bicyclic) bond motifs is 2. The van der Waals surface area contributed by atoms with Crippen LogP contribution in [0.2, 0.25) is 0 Å². The molecular weight excluding hydrogens is 264 g/mol. The Labute approximate surface area is 142 Å². The third kappa shape index (κ3) is 9.07. The van der Waals surface area contributed by atoms with Crippen molar-refractivity contribution >= 4 is 0 Å². The molecule has 130 valence electrons. The molecule has 0 amide bonds. The molecule has 0 heteroatoms. The van der Waals surface area contributed by atoms with Crippen LogP contribution in [0.4, 0.5) is 0 Å². The van der Waals surface area contributed by atoms with Crippen LogP contribution < -0.4 is 0 Å². The summed E-state index contributed by atoms with van der Waals surface area (Å²) in [5.74, 6) is 2.99. The summed E-state index contributed by atoms with van der Waals surface area (Å²) >= 11 is 0. The van der Waals surface area contributed by atoms with Crippen LogP contribution in [0.5, 0.6) is 0 Å². The van der Waals surface area contributed by atoms with Crippen LogP contribution in [0.3, 0.4) is 0 Å². The second-order valence-electron chi connectivity index (χ2n) is 5.97. The van der Waals surface area contributed by atoms with Gasteiger partial charge in [-0.1, -0.05) is 85.1 Å². The van der Waals surface area contributed by atoms with Gasteiger partial charge in [0.05, 0.1) is 0 Å². The summed E-state index contributed by atoms with van der Waals surface area (Å²) < 4.78 is 0. The van der Waals surface area contributed by atoms with Crippen molar-refractivity contribution in [3.05, 3.63) is 48.6 Å². The molecule has 2 rings (SSSR count). The van der Waals surface area contributed by atoms with Crippen molar-refractivity contribution in [2.75, 3.05) is 0 Å². The minimum atomic E-state index is 0. The van der Waals surface area contributed by atoms with E-state index in [9.17, 15) is 0 Å². The van der Waals surface area contributed by atoms with Crippen molar-refractivity contribution in [1.29, 1.82) is 0 Å². The monoisotopic (exact) mass is 306 g/mol. The lowest BCUT2D eigenvalue weighted by Crippen LogP contribution is -2.04. The predicted octanol–water partition coefficient (Wildman–Crippen LogP) is 7.99. The summed E-state index contributed by atoms with van der Waals surface area (Å²) in [6.45, 7) is 21.7. The van der Waals surface area contributed by atoms with Gasteiger partial charge in [-0.25, -0.2) is 0 Å². The first-order valence-electron chi connectivity index (χ1n) is 8.10. The molecule has 0 nitrogen and oxygen atoms in total. The Bertz CT molecular complexity index is 356. The molecule has 0 saturated heterocycles. The van der Waals surface area contributed by atoms with E-state index in [-0.39, 0.29) is 14.9 Å². The van der Waals surface area contributed by atoms with Gasteiger partial charge in [-0.15, -0.1) is 0 Å². The second kappa shape index (κ2) is 13.6. The molecule has 0 aliphatic heterocycles. The van der Waals surface area contributed by atoms with Gasteiger partial charge >= 0.3 is 0 Å². The number of rotatable bonds is 4. The van der Waals surface area contributed by atoms with Crippen molar-refractivity contribution in [3.8, 4) is 0 Å². The first-order chi connectivity index (χ1) is 9.43. The molecule has 2 aliphatic rings. The van der Waals surface area contributed by atoms with Gasteiger partial charge in [0.1, 0.15) is 0 Å². The molecule has 0 aromatic carbocycles. The molecule has 1 saturated carbocycles. The minimum absolute atomic E-state index is 0. The quantitative estimate of drug-likeness (QED) is 0.364. The predicted molar refractivity (Wildman–Crippen MR) is 107 cm³/mol. The molecule has 22 heavy (non-hydrogen) atoms. The highest BCUT2D eigenvalue weighted by Gasteiger charge is 2.33. The van der Waals surface area contributed by atoms with Crippen LogP contribution in [0.15, 0.2) is 48.6 Å². The fourth-order valence-electron chi connectivity index (χ4n) is 2.88. The van der Waals surface area contributed by atoms with E-state index < -0.39 is 0 Å². The van der Waals surface area contributed by atoms with Crippen LogP contribution in [0.25, 0.3) is 0 Å². The standard InChI is InChI=1S/2C9H14.C2H6.2CH4/c1-2-8-5-7-3-4-9(8)6-7;1-7(2)6-9(5)8(3)4;1-2;;/h3-4,7-9H,2,5-6H2,1H3;1,3,5-6H2,2,4H3;1-2H3;2*1H4. The molecule has 0 heterocycles. The summed E-state index contributed by atoms with van der Waals surface area (Å²) in [5, 5.41) is 0. The minimum Gasteiger partial charge on any atom is -0.0998 e. The molecule has 0 N–H and O–H groups in total. The van der Waals surface area contributed by atoms with E-state index in [1.54, 1.807) is 0 Å². The van der Waals surface area contributed by atoms with Crippen molar-refractivity contribution in [1.82, 2.24) is 0 Å². The van der Waals surface area contributed by atoms with E-state index >= 15 is 0 Å². The third-order valence-electron chi connectivity index (χ3n) is 4.06. The molecule has 0 aromatic rings. The van der Waals surface area contributed by atoms with E-state index in [4.69, 9.17) is 0 Å². The van der Waals surface area contributed by atoms with Gasteiger partial charge < -0.3 is 0 Å². The Morgan fingerprint density at radius 1 is 1.00 bits per heavy atom. The van der Waals surface area contributed by atoms with Crippen molar-refractivity contribution in [3.63, 3.8) is 0 Å². The van der Waals surface area contributed by atoms with Gasteiger partial charge in [-0.3, -0.25) is 0 Å². The second-order valence-corrected chi connectivity index (χ2v) is 5.97. The first kappa shape index (κ1) is 25.9. The van der Waals surface area contributed by atoms with Crippen LogP contribution >= 0.6 is 0 Å². The SMILES string of the molecule is C.C.C=C(C)CC(=C)C(=C)C.CC.CCC1CC2C=CC1C2. The van der Waals surface area contributed by atoms with Gasteiger partial charge in [0.15, 0.2) is 0 Å². The maximum Gasteiger partial charge on any atom is -0.00760 e. The molecule has 0 aromatic heterocycles. The summed E-state index contributed by atoms with van der Waals surface area (Å²) in [7, 11) is 0. The maximum absolute atomic E-state index is 3.83. The topological polar surface area (TPSA) is 0 Å². The summed E-state index contributed by atoms with van der Waals surface area (Å²) in [6.07, 6.45) is 10.1. The molecule has 0 radical (unpaired) electrons. The summed E-state index contributed by atoms with van der Waals surface area (Å²) in [4.78, 5) is 0. The van der Waals surface area contributed by atoms with Crippen LogP contribution in [0, 0.1) is 17.8 Å². The summed E-state index contributed by atoms with van der Waals surface area (Å²) in [6, 6.07) is 0. The Hall–Kier alpha value is -1.04. The third-order valence-corrected chi connectivity index (χ3v) is 4.06. The zero-order valence-electron chi connectivity index (χ0n) is 14.3. The molecule has 1 fully saturated rings.